The van der Waals surface area contributed by atoms with Crippen LogP contribution in [0.3, 0.4) is 0 Å². The Hall–Kier alpha value is -2.56. The first-order valence-corrected chi connectivity index (χ1v) is 9.44. The monoisotopic (exact) mass is 369 g/mol. The molecule has 0 bridgehead atoms. The van der Waals surface area contributed by atoms with E-state index in [9.17, 15) is 4.79 Å². The highest BCUT2D eigenvalue weighted by molar-refractivity contribution is 7.99. The minimum absolute atomic E-state index is 0.0401. The van der Waals surface area contributed by atoms with E-state index in [1.165, 1.54) is 23.1 Å². The van der Waals surface area contributed by atoms with Crippen molar-refractivity contribution in [2.75, 3.05) is 12.4 Å². The first kappa shape index (κ1) is 17.3. The zero-order valence-corrected chi connectivity index (χ0v) is 15.0. The van der Waals surface area contributed by atoms with Gasteiger partial charge in [0.1, 0.15) is 10.6 Å². The average Bonchev–Trinajstić information content (AvgIpc) is 3.11. The molecule has 0 unspecified atom stereocenters. The van der Waals surface area contributed by atoms with Gasteiger partial charge in [0.15, 0.2) is 5.16 Å². The van der Waals surface area contributed by atoms with Crippen LogP contribution in [0.5, 0.6) is 5.75 Å². The van der Waals surface area contributed by atoms with E-state index >= 15 is 0 Å². The van der Waals surface area contributed by atoms with Crippen LogP contribution in [0.25, 0.3) is 10.2 Å². The normalized spacial score (nSPS) is 10.5. The Morgan fingerprint density at radius 3 is 2.88 bits per heavy atom. The van der Waals surface area contributed by atoms with Crippen LogP contribution in [0.4, 0.5) is 0 Å². The van der Waals surface area contributed by atoms with Crippen LogP contribution < -0.4 is 10.3 Å². The quantitative estimate of drug-likeness (QED) is 0.275. The van der Waals surface area contributed by atoms with Gasteiger partial charge in [-0.25, -0.2) is 4.98 Å². The van der Waals surface area contributed by atoms with Gasteiger partial charge in [-0.2, -0.15) is 5.26 Å². The number of nitrogens with zero attached hydrogens (tertiary/aromatic N) is 3. The van der Waals surface area contributed by atoms with E-state index in [1.807, 2.05) is 5.38 Å². The van der Waals surface area contributed by atoms with Crippen molar-refractivity contribution in [3.05, 3.63) is 64.3 Å². The van der Waals surface area contributed by atoms with Crippen molar-refractivity contribution in [1.82, 2.24) is 9.55 Å². The van der Waals surface area contributed by atoms with Crippen molar-refractivity contribution in [2.45, 2.75) is 11.7 Å². The van der Waals surface area contributed by atoms with Crippen LogP contribution in [0.1, 0.15) is 5.56 Å². The number of thioether (sulfide) groups is 1. The van der Waals surface area contributed by atoms with Crippen molar-refractivity contribution in [2.24, 2.45) is 0 Å². The first-order chi connectivity index (χ1) is 12.2. The molecule has 7 heteroatoms. The van der Waals surface area contributed by atoms with Gasteiger partial charge < -0.3 is 4.74 Å². The lowest BCUT2D eigenvalue weighted by Gasteiger charge is -2.10. The van der Waals surface area contributed by atoms with Gasteiger partial charge in [0.2, 0.25) is 0 Å². The minimum Gasteiger partial charge on any atom is -0.493 e. The fourth-order valence-electron chi connectivity index (χ4n) is 2.25. The molecule has 0 saturated heterocycles. The topological polar surface area (TPSA) is 67.9 Å². The number of thiophene rings is 1. The number of nitriles is 1. The number of rotatable bonds is 7. The molecule has 5 nitrogen and oxygen atoms in total. The number of fused-ring (bicyclic) bond motifs is 1. The van der Waals surface area contributed by atoms with Crippen molar-refractivity contribution in [1.29, 1.82) is 5.26 Å². The summed E-state index contributed by atoms with van der Waals surface area (Å²) < 4.78 is 7.30. The van der Waals surface area contributed by atoms with Crippen molar-refractivity contribution >= 4 is 33.3 Å². The molecular formula is C18H15N3O2S2. The second-order valence-corrected chi connectivity index (χ2v) is 7.03. The molecule has 2 aromatic heterocycles. The smallest absolute Gasteiger partial charge is 0.263 e. The zero-order chi connectivity index (χ0) is 17.6. The Morgan fingerprint density at radius 1 is 1.36 bits per heavy atom. The van der Waals surface area contributed by atoms with Crippen LogP contribution in [0.15, 0.2) is 58.3 Å². The van der Waals surface area contributed by atoms with Gasteiger partial charge >= 0.3 is 0 Å². The fraction of sp³-hybridized carbons (Fsp3) is 0.167. The third-order valence-corrected chi connectivity index (χ3v) is 5.17. The van der Waals surface area contributed by atoms with Crippen LogP contribution >= 0.6 is 23.1 Å². The molecular weight excluding hydrogens is 354 g/mol. The van der Waals surface area contributed by atoms with Gasteiger partial charge in [-0.3, -0.25) is 9.36 Å². The van der Waals surface area contributed by atoms with Gasteiger partial charge in [0, 0.05) is 12.3 Å². The Bertz CT molecular complexity index is 984. The number of allylic oxidation sites excluding steroid dienone is 1. The van der Waals surface area contributed by atoms with Crippen molar-refractivity contribution in [3.63, 3.8) is 0 Å². The molecule has 126 valence electrons. The molecule has 25 heavy (non-hydrogen) atoms. The van der Waals surface area contributed by atoms with Gasteiger partial charge in [-0.05, 0) is 35.7 Å². The molecule has 0 aliphatic rings. The summed E-state index contributed by atoms with van der Waals surface area (Å²) in [5.74, 6) is 1.37. The van der Waals surface area contributed by atoms with E-state index in [4.69, 9.17) is 10.00 Å². The summed E-state index contributed by atoms with van der Waals surface area (Å²) >= 11 is 2.94. The number of benzene rings is 1. The highest BCUT2D eigenvalue weighted by Crippen LogP contribution is 2.21. The number of hydrogen-bond acceptors (Lipinski definition) is 6. The molecule has 0 N–H and O–H groups in total. The van der Waals surface area contributed by atoms with Crippen LogP contribution in [-0.4, -0.2) is 21.9 Å². The van der Waals surface area contributed by atoms with E-state index in [1.54, 1.807) is 41.0 Å². The third kappa shape index (κ3) is 3.92. The molecule has 2 heterocycles. The SMILES string of the molecule is C=CCn1c(SCCOc2ccc(C#N)cc2)nc2sccc2c1=O. The zero-order valence-electron chi connectivity index (χ0n) is 13.3. The lowest BCUT2D eigenvalue weighted by molar-refractivity contribution is 0.344. The molecule has 3 aromatic rings. The third-order valence-electron chi connectivity index (χ3n) is 3.43. The summed E-state index contributed by atoms with van der Waals surface area (Å²) in [4.78, 5) is 17.9. The summed E-state index contributed by atoms with van der Waals surface area (Å²) in [5, 5.41) is 12.0. The maximum absolute atomic E-state index is 12.5. The Balaban J connectivity index is 1.67. The largest absolute Gasteiger partial charge is 0.493 e. The molecule has 0 spiro atoms. The molecule has 0 fully saturated rings. The molecule has 3 rings (SSSR count). The van der Waals surface area contributed by atoms with Gasteiger partial charge in [-0.1, -0.05) is 17.8 Å². The maximum atomic E-state index is 12.5. The predicted molar refractivity (Wildman–Crippen MR) is 101 cm³/mol. The number of aromatic nitrogens is 2. The second kappa shape index (κ2) is 8.01. The van der Waals surface area contributed by atoms with E-state index in [2.05, 4.69) is 17.6 Å². The standard InChI is InChI=1S/C18H15N3O2S2/c1-2-8-21-17(22)15-7-10-24-16(15)20-18(21)25-11-9-23-14-5-3-13(12-19)4-6-14/h2-7,10H,1,8-9,11H2. The summed E-state index contributed by atoms with van der Waals surface area (Å²) in [6.07, 6.45) is 1.69. The average molecular weight is 369 g/mol. The molecule has 0 aliphatic heterocycles. The minimum atomic E-state index is -0.0401. The predicted octanol–water partition coefficient (Wildman–Crippen LogP) is 3.69. The molecule has 0 amide bonds. The summed E-state index contributed by atoms with van der Waals surface area (Å²) in [5.41, 5.74) is 0.560. The maximum Gasteiger partial charge on any atom is 0.263 e. The van der Waals surface area contributed by atoms with Crippen LogP contribution in [0.2, 0.25) is 0 Å². The van der Waals surface area contributed by atoms with Crippen LogP contribution in [0, 0.1) is 11.3 Å². The highest BCUT2D eigenvalue weighted by Gasteiger charge is 2.11. The molecule has 0 saturated carbocycles. The molecule has 0 atom stereocenters. The first-order valence-electron chi connectivity index (χ1n) is 7.57. The molecule has 1 aromatic carbocycles. The Kier molecular flexibility index (Phi) is 5.53. The Morgan fingerprint density at radius 2 is 2.16 bits per heavy atom. The van der Waals surface area contributed by atoms with Gasteiger partial charge in [0.05, 0.1) is 23.6 Å². The Labute approximate surface area is 153 Å². The number of ether oxygens (including phenoxy) is 1. The summed E-state index contributed by atoms with van der Waals surface area (Å²) in [6.45, 7) is 4.62. The van der Waals surface area contributed by atoms with E-state index < -0.39 is 0 Å². The lowest BCUT2D eigenvalue weighted by atomic mass is 10.2. The van der Waals surface area contributed by atoms with Crippen molar-refractivity contribution < 1.29 is 4.74 Å². The number of hydrogen-bond donors (Lipinski definition) is 0. The molecule has 0 aliphatic carbocycles. The van der Waals surface area contributed by atoms with Gasteiger partial charge in [0.25, 0.3) is 5.56 Å². The summed E-state index contributed by atoms with van der Waals surface area (Å²) in [7, 11) is 0. The fourth-order valence-corrected chi connectivity index (χ4v) is 3.88. The highest BCUT2D eigenvalue weighted by atomic mass is 32.2. The van der Waals surface area contributed by atoms with Gasteiger partial charge in [-0.15, -0.1) is 17.9 Å². The van der Waals surface area contributed by atoms with Crippen molar-refractivity contribution in [3.8, 4) is 11.8 Å². The van der Waals surface area contributed by atoms with E-state index in [0.717, 1.165) is 4.83 Å². The van der Waals surface area contributed by atoms with E-state index in [0.29, 0.717) is 40.8 Å². The molecule has 0 radical (unpaired) electrons. The summed E-state index contributed by atoms with van der Waals surface area (Å²) in [6, 6.07) is 10.9. The van der Waals surface area contributed by atoms with Crippen LogP contribution in [-0.2, 0) is 6.54 Å². The second-order valence-electron chi connectivity index (χ2n) is 5.07. The lowest BCUT2D eigenvalue weighted by Crippen LogP contribution is -2.22. The van der Waals surface area contributed by atoms with E-state index in [-0.39, 0.29) is 5.56 Å².